The zero-order chi connectivity index (χ0) is 17.3. The molecule has 1 aromatic heterocycles. The summed E-state index contributed by atoms with van der Waals surface area (Å²) >= 11 is 4.98. The van der Waals surface area contributed by atoms with Crippen LogP contribution in [-0.4, -0.2) is 37.5 Å². The first-order valence-corrected chi connectivity index (χ1v) is 7.72. The number of aromatic nitrogens is 2. The molecule has 24 heavy (non-hydrogen) atoms. The molecule has 124 valence electrons. The van der Waals surface area contributed by atoms with Crippen LogP contribution in [-0.2, 0) is 4.74 Å². The van der Waals surface area contributed by atoms with Gasteiger partial charge in [-0.05, 0) is 6.07 Å². The van der Waals surface area contributed by atoms with Gasteiger partial charge in [-0.3, -0.25) is 9.36 Å². The van der Waals surface area contributed by atoms with Gasteiger partial charge in [-0.1, -0.05) is 42.5 Å². The minimum atomic E-state index is -1.69. The number of ether oxygens (including phenoxy) is 1. The number of ketones is 1. The maximum absolute atomic E-state index is 12.8. The van der Waals surface area contributed by atoms with Gasteiger partial charge in [0.15, 0.2) is 5.60 Å². The van der Waals surface area contributed by atoms with Gasteiger partial charge in [0.25, 0.3) is 0 Å². The van der Waals surface area contributed by atoms with Crippen molar-refractivity contribution in [2.24, 2.45) is 0 Å². The number of nitrogen functional groups attached to an aromatic ring is 1. The number of benzene rings is 1. The maximum Gasteiger partial charge on any atom is 0.351 e. The second-order valence-corrected chi connectivity index (χ2v) is 5.71. The molecule has 2 aromatic rings. The van der Waals surface area contributed by atoms with Gasteiger partial charge in [-0.15, -0.1) is 0 Å². The Balaban J connectivity index is 1.97. The summed E-state index contributed by atoms with van der Waals surface area (Å²) in [4.78, 5) is 28.4. The van der Waals surface area contributed by atoms with Crippen molar-refractivity contribution in [3.63, 3.8) is 0 Å². The molecule has 1 aliphatic heterocycles. The Labute approximate surface area is 142 Å². The van der Waals surface area contributed by atoms with Gasteiger partial charge in [-0.25, -0.2) is 4.79 Å². The van der Waals surface area contributed by atoms with E-state index in [4.69, 9.17) is 22.7 Å². The molecule has 0 spiro atoms. The molecule has 0 saturated carbocycles. The summed E-state index contributed by atoms with van der Waals surface area (Å²) in [5.74, 6) is -0.374. The van der Waals surface area contributed by atoms with Crippen LogP contribution in [0.5, 0.6) is 0 Å². The van der Waals surface area contributed by atoms with Crippen LogP contribution >= 0.6 is 12.2 Å². The van der Waals surface area contributed by atoms with Crippen LogP contribution < -0.4 is 11.4 Å². The molecule has 0 amide bonds. The van der Waals surface area contributed by atoms with Crippen LogP contribution in [0, 0.1) is 0 Å². The molecular weight excluding hydrogens is 330 g/mol. The molecule has 1 aromatic carbocycles. The van der Waals surface area contributed by atoms with Gasteiger partial charge in [0.05, 0.1) is 6.10 Å². The van der Waals surface area contributed by atoms with E-state index in [1.54, 1.807) is 30.3 Å². The molecule has 2 heterocycles. The van der Waals surface area contributed by atoms with Crippen LogP contribution in [0.15, 0.2) is 47.4 Å². The Morgan fingerprint density at radius 1 is 1.42 bits per heavy atom. The molecule has 8 heteroatoms. The third-order valence-corrected chi connectivity index (χ3v) is 4.33. The number of hydrogen-bond acceptors (Lipinski definition) is 7. The Morgan fingerprint density at radius 3 is 2.75 bits per heavy atom. The van der Waals surface area contributed by atoms with Crippen molar-refractivity contribution in [2.45, 2.75) is 24.4 Å². The Morgan fingerprint density at radius 2 is 2.12 bits per heavy atom. The first-order chi connectivity index (χ1) is 11.5. The predicted octanol–water partition coefficient (Wildman–Crippen LogP) is 0.727. The highest BCUT2D eigenvalue weighted by molar-refractivity contribution is 7.79. The lowest BCUT2D eigenvalue weighted by Gasteiger charge is -2.26. The summed E-state index contributed by atoms with van der Waals surface area (Å²) < 4.78 is 6.94. The summed E-state index contributed by atoms with van der Waals surface area (Å²) in [6, 6.07) is 9.85. The summed E-state index contributed by atoms with van der Waals surface area (Å²) in [5.41, 5.74) is 3.51. The fourth-order valence-corrected chi connectivity index (χ4v) is 3.03. The lowest BCUT2D eigenvalue weighted by molar-refractivity contribution is -0.0372. The monoisotopic (exact) mass is 345 g/mol. The third kappa shape index (κ3) is 2.64. The van der Waals surface area contributed by atoms with Crippen molar-refractivity contribution in [2.75, 3.05) is 5.73 Å². The van der Waals surface area contributed by atoms with Gasteiger partial charge in [0.2, 0.25) is 5.78 Å². The van der Waals surface area contributed by atoms with Gasteiger partial charge in [0, 0.05) is 23.5 Å². The largest absolute Gasteiger partial charge is 0.389 e. The average molecular weight is 345 g/mol. The van der Waals surface area contributed by atoms with Gasteiger partial charge in [0.1, 0.15) is 12.0 Å². The molecular formula is C16H15N3O4S. The Kier molecular flexibility index (Phi) is 4.27. The van der Waals surface area contributed by atoms with E-state index >= 15 is 0 Å². The molecule has 0 radical (unpaired) electrons. The smallest absolute Gasteiger partial charge is 0.351 e. The topological polar surface area (TPSA) is 107 Å². The fraction of sp³-hybridized carbons (Fsp3) is 0.250. The number of aliphatic hydroxyl groups is 1. The van der Waals surface area contributed by atoms with E-state index in [1.165, 1.54) is 16.8 Å². The number of hydrogen-bond donors (Lipinski definition) is 2. The van der Waals surface area contributed by atoms with Crippen LogP contribution in [0.3, 0.4) is 0 Å². The second kappa shape index (κ2) is 6.23. The van der Waals surface area contributed by atoms with Crippen LogP contribution in [0.4, 0.5) is 5.82 Å². The number of thiocarbonyl (C=S) groups is 1. The summed E-state index contributed by atoms with van der Waals surface area (Å²) in [6.07, 6.45) is -0.615. The number of nitrogens with two attached hydrogens (primary N) is 1. The number of aliphatic hydroxyl groups excluding tert-OH is 1. The number of Topliss-reactive ketones (excluding diaryl/α,β-unsaturated/α-hetero) is 1. The van der Waals surface area contributed by atoms with E-state index in [2.05, 4.69) is 4.98 Å². The standard InChI is InChI=1S/C16H15N3O4S/c17-12-6-7-19(15(22)18-12)13-8-11(20)16(9-24,23-13)14(21)10-4-2-1-3-5-10/h1-7,9,11,13,20H,8H2,(H2,17,18,22)/t11-,13+,16+/m0/s1. The van der Waals surface area contributed by atoms with Crippen LogP contribution in [0.1, 0.15) is 23.0 Å². The molecule has 1 fully saturated rings. The molecule has 0 bridgehead atoms. The van der Waals surface area contributed by atoms with E-state index in [0.29, 0.717) is 5.56 Å². The van der Waals surface area contributed by atoms with E-state index in [1.807, 2.05) is 0 Å². The lowest BCUT2D eigenvalue weighted by atomic mass is 9.89. The highest BCUT2D eigenvalue weighted by Gasteiger charge is 2.53. The fourth-order valence-electron chi connectivity index (χ4n) is 2.71. The van der Waals surface area contributed by atoms with Crippen molar-refractivity contribution >= 4 is 29.2 Å². The molecule has 1 aliphatic rings. The number of anilines is 1. The number of carbonyl (C=O) groups excluding carboxylic acids is 1. The summed E-state index contributed by atoms with van der Waals surface area (Å²) in [5, 5.41) is 11.6. The van der Waals surface area contributed by atoms with Crippen molar-refractivity contribution in [3.05, 3.63) is 58.6 Å². The first kappa shape index (κ1) is 16.4. The quantitative estimate of drug-likeness (QED) is 0.621. The number of rotatable bonds is 4. The molecule has 3 rings (SSSR count). The zero-order valence-corrected chi connectivity index (χ0v) is 13.3. The minimum Gasteiger partial charge on any atom is -0.389 e. The van der Waals surface area contributed by atoms with Crippen LogP contribution in [0.2, 0.25) is 0 Å². The van der Waals surface area contributed by atoms with Gasteiger partial charge in [-0.2, -0.15) is 4.98 Å². The lowest BCUT2D eigenvalue weighted by Crippen LogP contribution is -2.48. The van der Waals surface area contributed by atoms with E-state index < -0.39 is 29.4 Å². The van der Waals surface area contributed by atoms with Gasteiger partial charge >= 0.3 is 5.69 Å². The maximum atomic E-state index is 12.8. The summed E-state index contributed by atoms with van der Waals surface area (Å²) in [7, 11) is 0. The first-order valence-electron chi connectivity index (χ1n) is 7.24. The van der Waals surface area contributed by atoms with E-state index in [9.17, 15) is 14.7 Å². The Hall–Kier alpha value is -2.42. The normalized spacial score (nSPS) is 26.2. The average Bonchev–Trinajstić information content (AvgIpc) is 2.92. The molecule has 0 aliphatic carbocycles. The highest BCUT2D eigenvalue weighted by atomic mass is 32.1. The second-order valence-electron chi connectivity index (χ2n) is 5.47. The highest BCUT2D eigenvalue weighted by Crippen LogP contribution is 2.37. The molecule has 3 atom stereocenters. The third-order valence-electron chi connectivity index (χ3n) is 3.98. The SMILES string of the molecule is Nc1ccn([C@H]2C[C@H](O)[C@](C=S)(C(=O)c3ccccc3)O2)c(=O)n1. The molecule has 1 saturated heterocycles. The van der Waals surface area contributed by atoms with Crippen molar-refractivity contribution in [1.82, 2.24) is 9.55 Å². The van der Waals surface area contributed by atoms with Crippen LogP contribution in [0.25, 0.3) is 0 Å². The van der Waals surface area contributed by atoms with Crippen molar-refractivity contribution < 1.29 is 14.6 Å². The van der Waals surface area contributed by atoms with Crippen molar-refractivity contribution in [1.29, 1.82) is 0 Å². The zero-order valence-electron chi connectivity index (χ0n) is 12.5. The molecule has 3 N–H and O–H groups in total. The molecule has 7 nitrogen and oxygen atoms in total. The molecule has 0 unspecified atom stereocenters. The minimum absolute atomic E-state index is 0.0250. The summed E-state index contributed by atoms with van der Waals surface area (Å²) in [6.45, 7) is 0. The van der Waals surface area contributed by atoms with Gasteiger partial charge < -0.3 is 15.6 Å². The number of carbonyl (C=O) groups is 1. The number of nitrogens with zero attached hydrogens (tertiary/aromatic N) is 2. The predicted molar refractivity (Wildman–Crippen MR) is 90.8 cm³/mol. The van der Waals surface area contributed by atoms with E-state index in [-0.39, 0.29) is 12.2 Å². The van der Waals surface area contributed by atoms with Crippen molar-refractivity contribution in [3.8, 4) is 0 Å². The Bertz CT molecular complexity index is 839. The van der Waals surface area contributed by atoms with E-state index in [0.717, 1.165) is 5.37 Å².